The highest BCUT2D eigenvalue weighted by atomic mass is 32.2. The van der Waals surface area contributed by atoms with Crippen molar-refractivity contribution in [2.45, 2.75) is 24.7 Å². The number of sulfonamides is 1. The Labute approximate surface area is 157 Å². The molecular formula is C18H20N4O4S. The summed E-state index contributed by atoms with van der Waals surface area (Å²) in [5, 5.41) is 6.85. The number of carbonyl (C=O) groups is 1. The summed E-state index contributed by atoms with van der Waals surface area (Å²) < 4.78 is 32.4. The second kappa shape index (κ2) is 8.28. The maximum atomic E-state index is 13.3. The van der Waals surface area contributed by atoms with Crippen LogP contribution in [-0.4, -0.2) is 41.9 Å². The molecule has 0 atom stereocenters. The molecule has 0 spiro atoms. The van der Waals surface area contributed by atoms with Crippen LogP contribution in [0.15, 0.2) is 58.3 Å². The summed E-state index contributed by atoms with van der Waals surface area (Å²) in [4.78, 5) is 16.6. The topological polar surface area (TPSA) is 105 Å². The largest absolute Gasteiger partial charge is 0.363 e. The van der Waals surface area contributed by atoms with Gasteiger partial charge in [-0.3, -0.25) is 9.78 Å². The van der Waals surface area contributed by atoms with Crippen molar-refractivity contribution in [3.8, 4) is 0 Å². The molecule has 27 heavy (non-hydrogen) atoms. The molecule has 1 amide bonds. The van der Waals surface area contributed by atoms with Crippen LogP contribution in [0.5, 0.6) is 0 Å². The van der Waals surface area contributed by atoms with Gasteiger partial charge in [0.1, 0.15) is 11.2 Å². The molecule has 8 nitrogen and oxygen atoms in total. The van der Waals surface area contributed by atoms with Gasteiger partial charge in [-0.25, -0.2) is 8.42 Å². The molecule has 2 aromatic heterocycles. The third-order valence-electron chi connectivity index (χ3n) is 4.00. The van der Waals surface area contributed by atoms with Gasteiger partial charge in [0.2, 0.25) is 15.9 Å². The molecule has 9 heteroatoms. The lowest BCUT2D eigenvalue weighted by molar-refractivity contribution is -0.116. The number of benzene rings is 1. The van der Waals surface area contributed by atoms with Crippen molar-refractivity contribution in [3.63, 3.8) is 0 Å². The van der Waals surface area contributed by atoms with Crippen LogP contribution in [0.4, 0.5) is 5.82 Å². The van der Waals surface area contributed by atoms with Crippen LogP contribution in [0.25, 0.3) is 10.9 Å². The summed E-state index contributed by atoms with van der Waals surface area (Å²) >= 11 is 0. The van der Waals surface area contributed by atoms with Crippen molar-refractivity contribution in [2.75, 3.05) is 18.4 Å². The Kier molecular flexibility index (Phi) is 5.82. The number of hydrogen-bond donors (Lipinski definition) is 1. The highest BCUT2D eigenvalue weighted by Gasteiger charge is 2.28. The van der Waals surface area contributed by atoms with Crippen molar-refractivity contribution in [3.05, 3.63) is 48.9 Å². The van der Waals surface area contributed by atoms with Crippen molar-refractivity contribution in [1.82, 2.24) is 14.4 Å². The number of carbonyl (C=O) groups excluding carboxylic acids is 1. The first-order chi connectivity index (χ1) is 13.0. The summed E-state index contributed by atoms with van der Waals surface area (Å²) in [5.74, 6) is -0.253. The van der Waals surface area contributed by atoms with Crippen LogP contribution in [0.2, 0.25) is 0 Å². The molecule has 0 radical (unpaired) electrons. The summed E-state index contributed by atoms with van der Waals surface area (Å²) in [6, 6.07) is 10.0. The number of nitrogens with one attached hydrogen (secondary N) is 1. The number of nitrogens with zero attached hydrogens (tertiary/aromatic N) is 3. The Morgan fingerprint density at radius 3 is 2.78 bits per heavy atom. The Hall–Kier alpha value is -2.78. The normalized spacial score (nSPS) is 11.8. The van der Waals surface area contributed by atoms with Gasteiger partial charge in [-0.2, -0.15) is 4.31 Å². The quantitative estimate of drug-likeness (QED) is 0.636. The van der Waals surface area contributed by atoms with Gasteiger partial charge in [0.05, 0.1) is 12.1 Å². The molecule has 2 heterocycles. The SMILES string of the molecule is CCCCN(CC(=O)Nc1ccon1)S(=O)(=O)c1cccc2cccnc12. The van der Waals surface area contributed by atoms with E-state index in [0.29, 0.717) is 11.9 Å². The first kappa shape index (κ1) is 19.0. The lowest BCUT2D eigenvalue weighted by Gasteiger charge is -2.22. The zero-order valence-corrected chi connectivity index (χ0v) is 15.6. The lowest BCUT2D eigenvalue weighted by Crippen LogP contribution is -2.38. The highest BCUT2D eigenvalue weighted by molar-refractivity contribution is 7.89. The lowest BCUT2D eigenvalue weighted by atomic mass is 10.2. The number of hydrogen-bond acceptors (Lipinski definition) is 6. The van der Waals surface area contributed by atoms with Crippen LogP contribution in [0.3, 0.4) is 0 Å². The smallest absolute Gasteiger partial charge is 0.245 e. The van der Waals surface area contributed by atoms with E-state index in [1.54, 1.807) is 30.5 Å². The number of anilines is 1. The number of aromatic nitrogens is 2. The molecule has 0 aliphatic heterocycles. The van der Waals surface area contributed by atoms with E-state index in [-0.39, 0.29) is 23.8 Å². The average Bonchev–Trinajstić information content (AvgIpc) is 3.17. The number of pyridine rings is 1. The fraction of sp³-hybridized carbons (Fsp3) is 0.278. The van der Waals surface area contributed by atoms with E-state index in [4.69, 9.17) is 0 Å². The van der Waals surface area contributed by atoms with Crippen molar-refractivity contribution < 1.29 is 17.7 Å². The van der Waals surface area contributed by atoms with Crippen molar-refractivity contribution in [2.24, 2.45) is 0 Å². The third kappa shape index (κ3) is 4.32. The summed E-state index contributed by atoms with van der Waals surface area (Å²) in [6.45, 7) is 1.87. The Bertz CT molecular complexity index is 1010. The zero-order chi connectivity index (χ0) is 19.3. The van der Waals surface area contributed by atoms with Crippen LogP contribution in [0, 0.1) is 0 Å². The Morgan fingerprint density at radius 1 is 1.22 bits per heavy atom. The van der Waals surface area contributed by atoms with Gasteiger partial charge in [0.15, 0.2) is 5.82 Å². The van der Waals surface area contributed by atoms with Crippen LogP contribution in [0.1, 0.15) is 19.8 Å². The van der Waals surface area contributed by atoms with Crippen molar-refractivity contribution >= 4 is 32.7 Å². The molecule has 142 valence electrons. The molecule has 0 unspecified atom stereocenters. The molecule has 3 aromatic rings. The standard InChI is InChI=1S/C18H20N4O4S/c1-2-3-11-22(13-17(23)20-16-9-12-26-21-16)27(24,25)15-8-4-6-14-7-5-10-19-18(14)15/h4-10,12H,2-3,11,13H2,1H3,(H,20,21,23). The van der Waals surface area contributed by atoms with Gasteiger partial charge in [0, 0.05) is 24.2 Å². The highest BCUT2D eigenvalue weighted by Crippen LogP contribution is 2.24. The summed E-state index contributed by atoms with van der Waals surface area (Å²) in [5.41, 5.74) is 0.387. The fourth-order valence-electron chi connectivity index (χ4n) is 2.66. The number of fused-ring (bicyclic) bond motifs is 1. The summed E-state index contributed by atoms with van der Waals surface area (Å²) in [6.07, 6.45) is 4.30. The molecule has 1 N–H and O–H groups in total. The van der Waals surface area contributed by atoms with E-state index in [0.717, 1.165) is 11.8 Å². The van der Waals surface area contributed by atoms with Crippen LogP contribution in [-0.2, 0) is 14.8 Å². The van der Waals surface area contributed by atoms with Crippen LogP contribution < -0.4 is 5.32 Å². The molecular weight excluding hydrogens is 368 g/mol. The minimum absolute atomic E-state index is 0.0888. The number of unbranched alkanes of at least 4 members (excludes halogenated alkanes) is 1. The van der Waals surface area contributed by atoms with Gasteiger partial charge in [-0.05, 0) is 18.6 Å². The maximum Gasteiger partial charge on any atom is 0.245 e. The molecule has 0 aliphatic rings. The molecule has 0 fully saturated rings. The van der Waals surface area contributed by atoms with Gasteiger partial charge in [-0.1, -0.05) is 36.7 Å². The molecule has 3 rings (SSSR count). The van der Waals surface area contributed by atoms with E-state index in [2.05, 4.69) is 20.0 Å². The van der Waals surface area contributed by atoms with E-state index in [9.17, 15) is 13.2 Å². The van der Waals surface area contributed by atoms with Crippen molar-refractivity contribution in [1.29, 1.82) is 0 Å². The second-order valence-electron chi connectivity index (χ2n) is 5.96. The first-order valence-electron chi connectivity index (χ1n) is 8.56. The fourth-order valence-corrected chi connectivity index (χ4v) is 4.26. The minimum Gasteiger partial charge on any atom is -0.363 e. The van der Waals surface area contributed by atoms with E-state index in [1.807, 2.05) is 6.92 Å². The molecule has 0 saturated heterocycles. The number of rotatable bonds is 8. The molecule has 0 saturated carbocycles. The Morgan fingerprint density at radius 2 is 2.04 bits per heavy atom. The predicted molar refractivity (Wildman–Crippen MR) is 101 cm³/mol. The van der Waals surface area contributed by atoms with E-state index < -0.39 is 15.9 Å². The number of para-hydroxylation sites is 1. The molecule has 0 bridgehead atoms. The third-order valence-corrected chi connectivity index (χ3v) is 5.88. The maximum absolute atomic E-state index is 13.3. The predicted octanol–water partition coefficient (Wildman–Crippen LogP) is 2.65. The minimum atomic E-state index is -3.91. The molecule has 0 aliphatic carbocycles. The van der Waals surface area contributed by atoms with Gasteiger partial charge >= 0.3 is 0 Å². The summed E-state index contributed by atoms with van der Waals surface area (Å²) in [7, 11) is -3.91. The van der Waals surface area contributed by atoms with Crippen LogP contribution >= 0.6 is 0 Å². The molecule has 1 aromatic carbocycles. The van der Waals surface area contributed by atoms with Gasteiger partial charge in [-0.15, -0.1) is 0 Å². The monoisotopic (exact) mass is 388 g/mol. The average molecular weight is 388 g/mol. The Balaban J connectivity index is 1.91. The first-order valence-corrected chi connectivity index (χ1v) is 10.0. The van der Waals surface area contributed by atoms with E-state index >= 15 is 0 Å². The number of amides is 1. The van der Waals surface area contributed by atoms with Gasteiger partial charge < -0.3 is 9.84 Å². The second-order valence-corrected chi connectivity index (χ2v) is 7.86. The van der Waals surface area contributed by atoms with E-state index in [1.165, 1.54) is 22.7 Å². The van der Waals surface area contributed by atoms with Gasteiger partial charge in [0.25, 0.3) is 0 Å². The zero-order valence-electron chi connectivity index (χ0n) is 14.8.